The van der Waals surface area contributed by atoms with Crippen molar-refractivity contribution in [2.45, 2.75) is 0 Å². The second-order valence-corrected chi connectivity index (χ2v) is 0.575. The summed E-state index contributed by atoms with van der Waals surface area (Å²) in [4.78, 5) is 17.9. The van der Waals surface area contributed by atoms with Gasteiger partial charge in [-0.1, -0.05) is 0 Å². The van der Waals surface area contributed by atoms with Crippen molar-refractivity contribution in [1.82, 2.24) is 0 Å². The number of carboxylic acids is 2. The van der Waals surface area contributed by atoms with Crippen LogP contribution in [0.5, 0.6) is 0 Å². The van der Waals surface area contributed by atoms with Gasteiger partial charge in [-0.2, -0.15) is 0 Å². The molecule has 57 valence electrons. The van der Waals surface area contributed by atoms with Gasteiger partial charge < -0.3 is 19.8 Å². The molecule has 0 aliphatic rings. The molecule has 4 N–H and O–H groups in total. The second kappa shape index (κ2) is 10.4. The largest absolute Gasteiger partial charge is 2.00 e. The molecule has 0 spiro atoms. The maximum Gasteiger partial charge on any atom is 2.00 e. The van der Waals surface area contributed by atoms with Gasteiger partial charge in [-0.15, -0.1) is 0 Å². The topological polar surface area (TPSA) is 132 Å². The SMILES string of the molecule is NN.O=C([O-])C(=O)[O-].[Cu+2]. The predicted molar refractivity (Wildman–Crippen MR) is 18.4 cm³/mol. The first-order valence-electron chi connectivity index (χ1n) is 1.40. The van der Waals surface area contributed by atoms with Crippen LogP contribution >= 0.6 is 0 Å². The van der Waals surface area contributed by atoms with E-state index in [2.05, 4.69) is 11.7 Å². The molecule has 0 aromatic heterocycles. The van der Waals surface area contributed by atoms with Crippen LogP contribution in [0, 0.1) is 0 Å². The molecular formula is C2H4CuN2O4. The van der Waals surface area contributed by atoms with Gasteiger partial charge in [-0.3, -0.25) is 11.7 Å². The number of aliphatic carboxylic acids is 2. The van der Waals surface area contributed by atoms with E-state index in [1.165, 1.54) is 0 Å². The molecule has 0 unspecified atom stereocenters. The van der Waals surface area contributed by atoms with Gasteiger partial charge in [-0.25, -0.2) is 0 Å². The van der Waals surface area contributed by atoms with Crippen LogP contribution in [0.1, 0.15) is 0 Å². The molecule has 0 amide bonds. The minimum Gasteiger partial charge on any atom is -0.543 e. The Labute approximate surface area is 61.3 Å². The Hall–Kier alpha value is -0.621. The van der Waals surface area contributed by atoms with Gasteiger partial charge in [0.15, 0.2) is 0 Å². The fraction of sp³-hybridized carbons (Fsp3) is 0. The van der Waals surface area contributed by atoms with Crippen molar-refractivity contribution in [3.8, 4) is 0 Å². The summed E-state index contributed by atoms with van der Waals surface area (Å²) in [6.07, 6.45) is 0. The van der Waals surface area contributed by atoms with Crippen molar-refractivity contribution >= 4 is 11.9 Å². The van der Waals surface area contributed by atoms with Gasteiger partial charge in [0.05, 0.1) is 11.9 Å². The Kier molecular flexibility index (Phi) is 18.2. The number of hydrogen-bond donors (Lipinski definition) is 2. The zero-order chi connectivity index (χ0) is 7.15. The van der Waals surface area contributed by atoms with Crippen LogP contribution in [0.25, 0.3) is 0 Å². The summed E-state index contributed by atoms with van der Waals surface area (Å²) in [6, 6.07) is 0. The van der Waals surface area contributed by atoms with Crippen molar-refractivity contribution in [3.63, 3.8) is 0 Å². The van der Waals surface area contributed by atoms with E-state index in [0.29, 0.717) is 0 Å². The Bertz CT molecular complexity index is 82.6. The van der Waals surface area contributed by atoms with Crippen molar-refractivity contribution in [2.24, 2.45) is 11.7 Å². The summed E-state index contributed by atoms with van der Waals surface area (Å²) >= 11 is 0. The van der Waals surface area contributed by atoms with E-state index in [1.807, 2.05) is 0 Å². The summed E-state index contributed by atoms with van der Waals surface area (Å²) in [5.74, 6) is 3.63. The normalized spacial score (nSPS) is 5.56. The maximum atomic E-state index is 8.93. The van der Waals surface area contributed by atoms with Crippen LogP contribution in [0.2, 0.25) is 0 Å². The first kappa shape index (κ1) is 15.8. The number of hydrazine groups is 1. The van der Waals surface area contributed by atoms with Crippen LogP contribution in [0.4, 0.5) is 0 Å². The number of carbonyl (C=O) groups excluding carboxylic acids is 2. The number of rotatable bonds is 0. The summed E-state index contributed by atoms with van der Waals surface area (Å²) < 4.78 is 0. The monoisotopic (exact) mass is 183 g/mol. The van der Waals surface area contributed by atoms with Gasteiger partial charge in [0.2, 0.25) is 0 Å². The number of nitrogens with two attached hydrogens (primary N) is 2. The number of carbonyl (C=O) groups is 2. The molecule has 0 saturated carbocycles. The fourth-order valence-electron chi connectivity index (χ4n) is 0. The van der Waals surface area contributed by atoms with Gasteiger partial charge in [-0.05, 0) is 0 Å². The summed E-state index contributed by atoms with van der Waals surface area (Å²) in [5.41, 5.74) is 0. The molecule has 0 rings (SSSR count). The van der Waals surface area contributed by atoms with Crippen LogP contribution in [-0.2, 0) is 26.7 Å². The average Bonchev–Trinajstić information content (AvgIpc) is 1.72. The van der Waals surface area contributed by atoms with Crippen LogP contribution < -0.4 is 21.9 Å². The van der Waals surface area contributed by atoms with Gasteiger partial charge >= 0.3 is 17.1 Å². The zero-order valence-corrected chi connectivity index (χ0v) is 5.03. The quantitative estimate of drug-likeness (QED) is 0.168. The zero-order valence-electron chi connectivity index (χ0n) is 4.09. The van der Waals surface area contributed by atoms with E-state index in [-0.39, 0.29) is 17.1 Å². The first-order valence-corrected chi connectivity index (χ1v) is 1.40. The van der Waals surface area contributed by atoms with Gasteiger partial charge in [0.1, 0.15) is 0 Å². The molecular weight excluding hydrogens is 180 g/mol. The molecule has 7 heteroatoms. The molecule has 0 heterocycles. The third-order valence-electron chi connectivity index (χ3n) is 0.167. The van der Waals surface area contributed by atoms with Crippen molar-refractivity contribution in [2.75, 3.05) is 0 Å². The standard InChI is InChI=1S/C2H2O4.Cu.H4N2/c3-1(4)2(5)6;;1-2/h(H,3,4)(H,5,6);;1-2H2/q;+2;/p-2. The summed E-state index contributed by atoms with van der Waals surface area (Å²) in [6.45, 7) is 0. The minimum atomic E-state index is -2.19. The summed E-state index contributed by atoms with van der Waals surface area (Å²) in [7, 11) is 0. The Morgan fingerprint density at radius 3 is 1.11 bits per heavy atom. The van der Waals surface area contributed by atoms with Crippen LogP contribution in [0.3, 0.4) is 0 Å². The van der Waals surface area contributed by atoms with Crippen molar-refractivity contribution < 1.29 is 36.9 Å². The van der Waals surface area contributed by atoms with Crippen molar-refractivity contribution in [3.05, 3.63) is 0 Å². The smallest absolute Gasteiger partial charge is 0.543 e. The number of hydrogen-bond acceptors (Lipinski definition) is 6. The van der Waals surface area contributed by atoms with E-state index in [9.17, 15) is 0 Å². The molecule has 0 aromatic carbocycles. The average molecular weight is 184 g/mol. The Balaban J connectivity index is -0.000000109. The molecule has 0 aliphatic carbocycles. The van der Waals surface area contributed by atoms with E-state index >= 15 is 0 Å². The molecule has 0 fully saturated rings. The van der Waals surface area contributed by atoms with Gasteiger partial charge in [0.25, 0.3) is 0 Å². The molecule has 0 atom stereocenters. The molecule has 1 radical (unpaired) electrons. The molecule has 0 saturated heterocycles. The van der Waals surface area contributed by atoms with E-state index in [1.54, 1.807) is 0 Å². The van der Waals surface area contributed by atoms with E-state index < -0.39 is 11.9 Å². The second-order valence-electron chi connectivity index (χ2n) is 0.575. The molecule has 6 nitrogen and oxygen atoms in total. The molecule has 0 aromatic rings. The number of carboxylic acid groups (broad SMARTS) is 2. The minimum absolute atomic E-state index is 0. The Morgan fingerprint density at radius 1 is 1.00 bits per heavy atom. The maximum absolute atomic E-state index is 8.93. The van der Waals surface area contributed by atoms with Crippen LogP contribution in [0.15, 0.2) is 0 Å². The van der Waals surface area contributed by atoms with Gasteiger partial charge in [0, 0.05) is 0 Å². The molecule has 9 heavy (non-hydrogen) atoms. The predicted octanol–water partition coefficient (Wildman–Crippen LogP) is -4.70. The third kappa shape index (κ3) is 18.7. The van der Waals surface area contributed by atoms with E-state index in [4.69, 9.17) is 19.8 Å². The first-order chi connectivity index (χ1) is 3.64. The van der Waals surface area contributed by atoms with E-state index in [0.717, 1.165) is 0 Å². The third-order valence-corrected chi connectivity index (χ3v) is 0.167. The molecule has 0 bridgehead atoms. The Morgan fingerprint density at radius 2 is 1.11 bits per heavy atom. The van der Waals surface area contributed by atoms with Crippen molar-refractivity contribution in [1.29, 1.82) is 0 Å². The molecule has 0 aliphatic heterocycles. The summed E-state index contributed by atoms with van der Waals surface area (Å²) in [5, 5.41) is 17.9. The fourth-order valence-corrected chi connectivity index (χ4v) is 0. The van der Waals surface area contributed by atoms with Crippen LogP contribution in [-0.4, -0.2) is 11.9 Å².